The van der Waals surface area contributed by atoms with Crippen LogP contribution in [-0.2, 0) is 6.42 Å². The Hall–Kier alpha value is -3.58. The molecule has 4 aromatic rings. The quantitative estimate of drug-likeness (QED) is 0.409. The summed E-state index contributed by atoms with van der Waals surface area (Å²) in [4.78, 5) is 8.65. The third-order valence-corrected chi connectivity index (χ3v) is 4.62. The van der Waals surface area contributed by atoms with E-state index in [9.17, 15) is 8.78 Å². The van der Waals surface area contributed by atoms with E-state index in [-0.39, 0.29) is 5.82 Å². The molecule has 3 aromatic carbocycles. The van der Waals surface area contributed by atoms with Gasteiger partial charge in [-0.05, 0) is 65.2 Å². The van der Waals surface area contributed by atoms with E-state index in [2.05, 4.69) is 28.7 Å². The van der Waals surface area contributed by atoms with Crippen LogP contribution in [0.3, 0.4) is 0 Å². The smallest absolute Gasteiger partial charge is 0.159 e. The molecule has 29 heavy (non-hydrogen) atoms. The minimum atomic E-state index is -0.418. The molecule has 4 heteroatoms. The summed E-state index contributed by atoms with van der Waals surface area (Å²) in [5.74, 6) is 5.64. The molecule has 0 aliphatic carbocycles. The molecule has 0 spiro atoms. The van der Waals surface area contributed by atoms with Crippen LogP contribution in [-0.4, -0.2) is 9.97 Å². The summed E-state index contributed by atoms with van der Waals surface area (Å²) in [6.07, 6.45) is 5.51. The number of halogens is 2. The number of aromatic nitrogens is 2. The van der Waals surface area contributed by atoms with E-state index < -0.39 is 5.82 Å². The SMILES string of the molecule is CCCc1cnc(-c2ccc(C#Cc3ccc4cc(F)ccc4c3)c(F)c2)nc1. The first-order chi connectivity index (χ1) is 14.1. The highest BCUT2D eigenvalue weighted by atomic mass is 19.1. The molecule has 0 unspecified atom stereocenters. The molecule has 0 fully saturated rings. The number of benzene rings is 3. The lowest BCUT2D eigenvalue weighted by Gasteiger charge is -2.03. The Bertz CT molecular complexity index is 1240. The molecular weight excluding hydrogens is 366 g/mol. The van der Waals surface area contributed by atoms with Crippen LogP contribution >= 0.6 is 0 Å². The summed E-state index contributed by atoms with van der Waals surface area (Å²) in [7, 11) is 0. The number of rotatable bonds is 3. The second-order valence-corrected chi connectivity index (χ2v) is 6.82. The Labute approximate surface area is 168 Å². The summed E-state index contributed by atoms with van der Waals surface area (Å²) in [5.41, 5.74) is 2.72. The van der Waals surface area contributed by atoms with Gasteiger partial charge in [-0.1, -0.05) is 37.3 Å². The van der Waals surface area contributed by atoms with Gasteiger partial charge in [-0.15, -0.1) is 0 Å². The maximum Gasteiger partial charge on any atom is 0.159 e. The van der Waals surface area contributed by atoms with Crippen LogP contribution in [0.2, 0.25) is 0 Å². The summed E-state index contributed by atoms with van der Waals surface area (Å²) in [5, 5.41) is 1.69. The van der Waals surface area contributed by atoms with Gasteiger partial charge in [0.05, 0.1) is 5.56 Å². The minimum absolute atomic E-state index is 0.275. The summed E-state index contributed by atoms with van der Waals surface area (Å²) < 4.78 is 27.8. The molecule has 0 N–H and O–H groups in total. The third-order valence-electron chi connectivity index (χ3n) is 4.62. The van der Waals surface area contributed by atoms with Crippen molar-refractivity contribution in [2.24, 2.45) is 0 Å². The van der Waals surface area contributed by atoms with E-state index in [0.717, 1.165) is 34.7 Å². The summed E-state index contributed by atoms with van der Waals surface area (Å²) >= 11 is 0. The predicted octanol–water partition coefficient (Wildman–Crippen LogP) is 5.93. The van der Waals surface area contributed by atoms with Crippen molar-refractivity contribution >= 4 is 10.8 Å². The molecule has 2 nitrogen and oxygen atoms in total. The lowest BCUT2D eigenvalue weighted by Crippen LogP contribution is -1.94. The van der Waals surface area contributed by atoms with Crippen molar-refractivity contribution in [3.63, 3.8) is 0 Å². The van der Waals surface area contributed by atoms with Crippen molar-refractivity contribution in [2.45, 2.75) is 19.8 Å². The van der Waals surface area contributed by atoms with E-state index in [1.54, 1.807) is 42.7 Å². The maximum absolute atomic E-state index is 14.5. The van der Waals surface area contributed by atoms with Crippen molar-refractivity contribution < 1.29 is 8.78 Å². The molecule has 0 saturated carbocycles. The lowest BCUT2D eigenvalue weighted by atomic mass is 10.1. The number of nitrogens with zero attached hydrogens (tertiary/aromatic N) is 2. The Balaban J connectivity index is 1.58. The first-order valence-electron chi connectivity index (χ1n) is 9.44. The molecule has 0 aliphatic rings. The van der Waals surface area contributed by atoms with Crippen molar-refractivity contribution in [1.82, 2.24) is 9.97 Å². The second kappa shape index (κ2) is 8.20. The highest BCUT2D eigenvalue weighted by molar-refractivity contribution is 5.84. The Morgan fingerprint density at radius 1 is 0.828 bits per heavy atom. The van der Waals surface area contributed by atoms with E-state index in [1.807, 2.05) is 6.07 Å². The zero-order valence-corrected chi connectivity index (χ0v) is 15.9. The van der Waals surface area contributed by atoms with Crippen LogP contribution in [0.1, 0.15) is 30.0 Å². The van der Waals surface area contributed by atoms with Crippen LogP contribution in [0, 0.1) is 23.5 Å². The molecule has 142 valence electrons. The van der Waals surface area contributed by atoms with Crippen molar-refractivity contribution in [3.05, 3.63) is 95.3 Å². The standard InChI is InChI=1S/C25H18F2N2/c1-2-3-18-15-28-25(29-16-18)22-9-8-19(24(27)14-22)6-4-17-5-7-21-13-23(26)11-10-20(21)12-17/h5,7-16H,2-3H2,1H3. The highest BCUT2D eigenvalue weighted by Gasteiger charge is 2.06. The van der Waals surface area contributed by atoms with Gasteiger partial charge in [0.1, 0.15) is 11.6 Å². The van der Waals surface area contributed by atoms with Crippen LogP contribution in [0.4, 0.5) is 8.78 Å². The topological polar surface area (TPSA) is 25.8 Å². The zero-order chi connectivity index (χ0) is 20.2. The van der Waals surface area contributed by atoms with Crippen molar-refractivity contribution in [1.29, 1.82) is 0 Å². The first-order valence-corrected chi connectivity index (χ1v) is 9.44. The van der Waals surface area contributed by atoms with Crippen LogP contribution in [0.25, 0.3) is 22.2 Å². The van der Waals surface area contributed by atoms with E-state index >= 15 is 0 Å². The number of hydrogen-bond donors (Lipinski definition) is 0. The lowest BCUT2D eigenvalue weighted by molar-refractivity contribution is 0.624. The van der Waals surface area contributed by atoms with Crippen molar-refractivity contribution in [2.75, 3.05) is 0 Å². The van der Waals surface area contributed by atoms with Crippen LogP contribution < -0.4 is 0 Å². The van der Waals surface area contributed by atoms with E-state index in [4.69, 9.17) is 0 Å². The molecule has 1 heterocycles. The van der Waals surface area contributed by atoms with Gasteiger partial charge in [0.2, 0.25) is 0 Å². The molecule has 4 rings (SSSR count). The average Bonchev–Trinajstić information content (AvgIpc) is 2.73. The maximum atomic E-state index is 14.5. The van der Waals surface area contributed by atoms with Gasteiger partial charge in [-0.3, -0.25) is 0 Å². The summed E-state index contributed by atoms with van der Waals surface area (Å²) in [6.45, 7) is 2.10. The number of hydrogen-bond acceptors (Lipinski definition) is 2. The molecule has 0 atom stereocenters. The van der Waals surface area contributed by atoms with Crippen LogP contribution in [0.5, 0.6) is 0 Å². The van der Waals surface area contributed by atoms with Gasteiger partial charge in [-0.25, -0.2) is 18.7 Å². The molecule has 0 bridgehead atoms. The second-order valence-electron chi connectivity index (χ2n) is 6.82. The Morgan fingerprint density at radius 3 is 2.34 bits per heavy atom. The largest absolute Gasteiger partial charge is 0.236 e. The average molecular weight is 384 g/mol. The molecule has 0 aliphatic heterocycles. The van der Waals surface area contributed by atoms with E-state index in [0.29, 0.717) is 17.0 Å². The molecular formula is C25H18F2N2. The van der Waals surface area contributed by atoms with Gasteiger partial charge in [0.15, 0.2) is 5.82 Å². The first kappa shape index (κ1) is 18.8. The monoisotopic (exact) mass is 384 g/mol. The minimum Gasteiger partial charge on any atom is -0.236 e. The van der Waals surface area contributed by atoms with Crippen LogP contribution in [0.15, 0.2) is 67.0 Å². The fourth-order valence-electron chi connectivity index (χ4n) is 3.11. The van der Waals surface area contributed by atoms with Gasteiger partial charge in [0, 0.05) is 23.5 Å². The molecule has 1 aromatic heterocycles. The van der Waals surface area contributed by atoms with Gasteiger partial charge >= 0.3 is 0 Å². The highest BCUT2D eigenvalue weighted by Crippen LogP contribution is 2.20. The van der Waals surface area contributed by atoms with Crippen molar-refractivity contribution in [3.8, 4) is 23.2 Å². The number of fused-ring (bicyclic) bond motifs is 1. The zero-order valence-electron chi connectivity index (χ0n) is 15.9. The number of aryl methyl sites for hydroxylation is 1. The molecule has 0 amide bonds. The summed E-state index contributed by atoms with van der Waals surface area (Å²) in [6, 6.07) is 14.9. The fourth-order valence-corrected chi connectivity index (χ4v) is 3.11. The fraction of sp³-hybridized carbons (Fsp3) is 0.120. The van der Waals surface area contributed by atoms with Gasteiger partial charge in [-0.2, -0.15) is 0 Å². The van der Waals surface area contributed by atoms with E-state index in [1.165, 1.54) is 18.2 Å². The molecule has 0 saturated heterocycles. The normalized spacial score (nSPS) is 10.6. The van der Waals surface area contributed by atoms with Gasteiger partial charge < -0.3 is 0 Å². The predicted molar refractivity (Wildman–Crippen MR) is 111 cm³/mol. The Kier molecular flexibility index (Phi) is 5.31. The molecule has 0 radical (unpaired) electrons. The van der Waals surface area contributed by atoms with Gasteiger partial charge in [0.25, 0.3) is 0 Å². The third kappa shape index (κ3) is 4.30. The Morgan fingerprint density at radius 2 is 1.59 bits per heavy atom.